The molecular formula is C68H129NO13. The summed E-state index contributed by atoms with van der Waals surface area (Å²) in [6, 6.07) is -0.822. The van der Waals surface area contributed by atoms with Crippen molar-refractivity contribution in [3.63, 3.8) is 0 Å². The number of aliphatic hydroxyl groups excluding tert-OH is 8. The highest BCUT2D eigenvalue weighted by atomic mass is 16.7. The molecular weight excluding hydrogens is 1040 g/mol. The van der Waals surface area contributed by atoms with Gasteiger partial charge in [-0.05, 0) is 44.9 Å². The molecule has 2 fully saturated rings. The fourth-order valence-electron chi connectivity index (χ4n) is 11.6. The minimum absolute atomic E-state index is 0.205. The lowest BCUT2D eigenvalue weighted by Crippen LogP contribution is -2.65. The number of aliphatic hydroxyl groups is 8. The van der Waals surface area contributed by atoms with Gasteiger partial charge in [-0.15, -0.1) is 0 Å². The van der Waals surface area contributed by atoms with Crippen LogP contribution in [0.1, 0.15) is 309 Å². The normalized spacial score (nSPS) is 24.0. The van der Waals surface area contributed by atoms with Gasteiger partial charge >= 0.3 is 0 Å². The van der Waals surface area contributed by atoms with E-state index in [1.54, 1.807) is 0 Å². The summed E-state index contributed by atoms with van der Waals surface area (Å²) in [6.07, 6.45) is 50.0. The highest BCUT2D eigenvalue weighted by Crippen LogP contribution is 2.30. The van der Waals surface area contributed by atoms with Gasteiger partial charge in [-0.3, -0.25) is 4.79 Å². The number of amides is 1. The van der Waals surface area contributed by atoms with Crippen LogP contribution in [0, 0.1) is 0 Å². The summed E-state index contributed by atoms with van der Waals surface area (Å²) in [5, 5.41) is 86.9. The number of ether oxygens (including phenoxy) is 4. The average molecular weight is 1170 g/mol. The molecule has 12 atom stereocenters. The Labute approximate surface area is 500 Å². The quantitative estimate of drug-likeness (QED) is 0.0204. The fourth-order valence-corrected chi connectivity index (χ4v) is 11.6. The molecule has 1 amide bonds. The predicted octanol–water partition coefficient (Wildman–Crippen LogP) is 13.6. The van der Waals surface area contributed by atoms with E-state index in [0.717, 1.165) is 57.8 Å². The van der Waals surface area contributed by atoms with Gasteiger partial charge in [0.15, 0.2) is 12.6 Å². The monoisotopic (exact) mass is 1170 g/mol. The summed E-state index contributed by atoms with van der Waals surface area (Å²) in [5.74, 6) is -0.205. The van der Waals surface area contributed by atoms with Gasteiger partial charge in [0.25, 0.3) is 0 Å². The largest absolute Gasteiger partial charge is 0.394 e. The predicted molar refractivity (Wildman–Crippen MR) is 332 cm³/mol. The summed E-state index contributed by atoms with van der Waals surface area (Å²) in [5.41, 5.74) is 0. The number of nitrogens with one attached hydrogen (secondary N) is 1. The molecule has 14 heteroatoms. The van der Waals surface area contributed by atoms with Crippen LogP contribution >= 0.6 is 0 Å². The van der Waals surface area contributed by atoms with Crippen molar-refractivity contribution in [2.24, 2.45) is 0 Å². The van der Waals surface area contributed by atoms with Gasteiger partial charge in [0, 0.05) is 6.42 Å². The molecule has 14 nitrogen and oxygen atoms in total. The maximum absolute atomic E-state index is 13.2. The molecule has 12 unspecified atom stereocenters. The van der Waals surface area contributed by atoms with E-state index in [9.17, 15) is 45.6 Å². The number of carbonyl (C=O) groups is 1. The van der Waals surface area contributed by atoms with Gasteiger partial charge in [-0.1, -0.05) is 282 Å². The van der Waals surface area contributed by atoms with E-state index < -0.39 is 86.8 Å². The van der Waals surface area contributed by atoms with Crippen LogP contribution in [0.15, 0.2) is 24.3 Å². The second kappa shape index (κ2) is 53.7. The molecule has 0 saturated carbocycles. The van der Waals surface area contributed by atoms with Gasteiger partial charge in [0.05, 0.1) is 32.0 Å². The molecule has 0 radical (unpaired) electrons. The standard InChI is InChI=1S/C68H129NO13/c1-3-5-7-9-11-12-13-14-15-16-17-18-19-20-21-22-23-24-25-26-27-28-29-30-31-32-33-34-35-36-37-38-39-40-41-42-43-44-46-48-50-52-60(73)69-56(57(72)51-49-47-45-10-8-6-4-2)55-79-67-65(78)63(76)66(59(54-71)81-67)82-68-64(77)62(75)61(74)58(53-70)80-68/h13-14,16-17,56-59,61-68,70-72,74-78H,3-12,15,18-55H2,1-2H3,(H,69,73)/b14-13-,17-16-. The van der Waals surface area contributed by atoms with E-state index in [4.69, 9.17) is 18.9 Å². The Morgan fingerprint density at radius 3 is 1.22 bits per heavy atom. The fraction of sp³-hybridized carbons (Fsp3) is 0.926. The summed E-state index contributed by atoms with van der Waals surface area (Å²) in [6.45, 7) is 2.81. The first-order chi connectivity index (χ1) is 40.1. The third-order valence-corrected chi connectivity index (χ3v) is 17.2. The van der Waals surface area contributed by atoms with Crippen molar-refractivity contribution in [2.75, 3.05) is 19.8 Å². The summed E-state index contributed by atoms with van der Waals surface area (Å²) in [7, 11) is 0. The number of carbonyl (C=O) groups excluding carboxylic acids is 1. The number of unbranched alkanes of at least 4 members (excludes halogenated alkanes) is 40. The van der Waals surface area contributed by atoms with Crippen molar-refractivity contribution >= 4 is 5.91 Å². The maximum atomic E-state index is 13.2. The first-order valence-electron chi connectivity index (χ1n) is 34.6. The Morgan fingerprint density at radius 1 is 0.439 bits per heavy atom. The number of hydrogen-bond acceptors (Lipinski definition) is 13. The van der Waals surface area contributed by atoms with Gasteiger partial charge in [0.2, 0.25) is 5.91 Å². The lowest BCUT2D eigenvalue weighted by Gasteiger charge is -2.46. The Balaban J connectivity index is 1.46. The van der Waals surface area contributed by atoms with Crippen LogP contribution in [-0.4, -0.2) is 140 Å². The van der Waals surface area contributed by atoms with Gasteiger partial charge < -0.3 is 65.1 Å². The van der Waals surface area contributed by atoms with Crippen molar-refractivity contribution in [1.29, 1.82) is 0 Å². The van der Waals surface area contributed by atoms with Crippen LogP contribution in [0.3, 0.4) is 0 Å². The highest BCUT2D eigenvalue weighted by Gasteiger charge is 2.51. The smallest absolute Gasteiger partial charge is 0.220 e. The molecule has 2 aliphatic rings. The molecule has 484 valence electrons. The molecule has 0 aromatic rings. The molecule has 9 N–H and O–H groups in total. The molecule has 0 aromatic heterocycles. The molecule has 0 aliphatic carbocycles. The summed E-state index contributed by atoms with van der Waals surface area (Å²) in [4.78, 5) is 13.2. The highest BCUT2D eigenvalue weighted by molar-refractivity contribution is 5.76. The third-order valence-electron chi connectivity index (χ3n) is 17.2. The van der Waals surface area contributed by atoms with Crippen LogP contribution in [-0.2, 0) is 23.7 Å². The number of allylic oxidation sites excluding steroid dienone is 4. The summed E-state index contributed by atoms with van der Waals surface area (Å²) < 4.78 is 22.8. The van der Waals surface area contributed by atoms with Crippen LogP contribution in [0.5, 0.6) is 0 Å². The van der Waals surface area contributed by atoms with Gasteiger partial charge in [0.1, 0.15) is 48.8 Å². The van der Waals surface area contributed by atoms with Crippen molar-refractivity contribution in [3.05, 3.63) is 24.3 Å². The van der Waals surface area contributed by atoms with Gasteiger partial charge in [-0.25, -0.2) is 0 Å². The molecule has 2 rings (SSSR count). The van der Waals surface area contributed by atoms with Crippen LogP contribution < -0.4 is 5.32 Å². The molecule has 82 heavy (non-hydrogen) atoms. The van der Waals surface area contributed by atoms with Crippen molar-refractivity contribution in [2.45, 2.75) is 383 Å². The van der Waals surface area contributed by atoms with E-state index in [-0.39, 0.29) is 12.5 Å². The molecule has 0 bridgehead atoms. The van der Waals surface area contributed by atoms with E-state index in [1.165, 1.54) is 225 Å². The van der Waals surface area contributed by atoms with Crippen LogP contribution in [0.25, 0.3) is 0 Å². The third kappa shape index (κ3) is 37.9. The van der Waals surface area contributed by atoms with Crippen LogP contribution in [0.2, 0.25) is 0 Å². The van der Waals surface area contributed by atoms with E-state index in [1.807, 2.05) is 0 Å². The maximum Gasteiger partial charge on any atom is 0.220 e. The van der Waals surface area contributed by atoms with E-state index in [2.05, 4.69) is 43.5 Å². The second-order valence-electron chi connectivity index (χ2n) is 24.7. The molecule has 0 aromatic carbocycles. The minimum Gasteiger partial charge on any atom is -0.394 e. The Kier molecular flexibility index (Phi) is 50.1. The Morgan fingerprint density at radius 2 is 0.805 bits per heavy atom. The average Bonchev–Trinajstić information content (AvgIpc) is 3.65. The molecule has 2 heterocycles. The molecule has 0 spiro atoms. The molecule has 2 aliphatic heterocycles. The lowest BCUT2D eigenvalue weighted by molar-refractivity contribution is -0.359. The van der Waals surface area contributed by atoms with Crippen molar-refractivity contribution < 1.29 is 64.6 Å². The van der Waals surface area contributed by atoms with Crippen molar-refractivity contribution in [3.8, 4) is 0 Å². The zero-order chi connectivity index (χ0) is 59.5. The number of rotatable bonds is 57. The second-order valence-corrected chi connectivity index (χ2v) is 24.7. The first kappa shape index (κ1) is 76.6. The van der Waals surface area contributed by atoms with Crippen LogP contribution in [0.4, 0.5) is 0 Å². The Bertz CT molecular complexity index is 1470. The summed E-state index contributed by atoms with van der Waals surface area (Å²) >= 11 is 0. The zero-order valence-corrected chi connectivity index (χ0v) is 52.5. The topological polar surface area (TPSA) is 228 Å². The van der Waals surface area contributed by atoms with E-state index in [0.29, 0.717) is 12.8 Å². The zero-order valence-electron chi connectivity index (χ0n) is 52.5. The SMILES string of the molecule is CCCCCCC/C=C\C/C=C\CCCCCCCCCCCCCCCCCCCCCCCCCCCCCCCC(=O)NC(COC1OC(CO)C(OC2OC(CO)C(O)C(O)C2O)C(O)C1O)C(O)CCCCCCCCC. The van der Waals surface area contributed by atoms with E-state index >= 15 is 0 Å². The first-order valence-corrected chi connectivity index (χ1v) is 34.6. The Hall–Kier alpha value is -1.53. The molecule has 2 saturated heterocycles. The minimum atomic E-state index is -1.78. The van der Waals surface area contributed by atoms with Gasteiger partial charge in [-0.2, -0.15) is 0 Å². The lowest BCUT2D eigenvalue weighted by atomic mass is 9.97. The van der Waals surface area contributed by atoms with Crippen molar-refractivity contribution in [1.82, 2.24) is 5.32 Å². The number of hydrogen-bond donors (Lipinski definition) is 9.